The molecule has 4 aliphatic rings. The van der Waals surface area contributed by atoms with Crippen molar-refractivity contribution >= 4 is 5.78 Å². The van der Waals surface area contributed by atoms with E-state index in [-0.39, 0.29) is 21.7 Å². The van der Waals surface area contributed by atoms with Gasteiger partial charge in [0, 0.05) is 11.8 Å². The van der Waals surface area contributed by atoms with Gasteiger partial charge in [0.25, 0.3) is 0 Å². The topological polar surface area (TPSA) is 57.5 Å². The van der Waals surface area contributed by atoms with Crippen molar-refractivity contribution in [2.75, 3.05) is 0 Å². The summed E-state index contributed by atoms with van der Waals surface area (Å²) >= 11 is 0. The zero-order valence-electron chi connectivity index (χ0n) is 22.6. The third kappa shape index (κ3) is 3.62. The predicted molar refractivity (Wildman–Crippen MR) is 135 cm³/mol. The van der Waals surface area contributed by atoms with E-state index in [1.54, 1.807) is 19.4 Å². The van der Waals surface area contributed by atoms with E-state index >= 15 is 0 Å². The second kappa shape index (κ2) is 7.92. The molecular weight excluding hydrogens is 408 g/mol. The lowest BCUT2D eigenvalue weighted by Crippen LogP contribution is -2.57. The maximum Gasteiger partial charge on any atom is 0.138 e. The SMILES string of the molecule is C[C@@H](CC[C@H](O)C(C)(C)O)[C@@H]1CC[C@]2(C)C3=CC[C@H]4C(C)(C)C(=O)CC[C@]4(C)[C@H]3CC[C@@]12C. The Morgan fingerprint density at radius 2 is 1.73 bits per heavy atom. The van der Waals surface area contributed by atoms with Crippen LogP contribution in [0.25, 0.3) is 0 Å². The fourth-order valence-corrected chi connectivity index (χ4v) is 9.44. The van der Waals surface area contributed by atoms with E-state index in [1.807, 2.05) is 0 Å². The molecular formula is C30H50O3. The fraction of sp³-hybridized carbons (Fsp3) is 0.900. The molecule has 2 N–H and O–H groups in total. The van der Waals surface area contributed by atoms with Crippen LogP contribution in [0, 0.1) is 45.3 Å². The lowest BCUT2D eigenvalue weighted by atomic mass is 9.41. The highest BCUT2D eigenvalue weighted by Gasteiger charge is 2.65. The molecule has 0 spiro atoms. The monoisotopic (exact) mass is 458 g/mol. The van der Waals surface area contributed by atoms with Gasteiger partial charge in [-0.2, -0.15) is 0 Å². The molecule has 8 atom stereocenters. The third-order valence-corrected chi connectivity index (χ3v) is 12.0. The molecule has 0 bridgehead atoms. The number of hydrogen-bond acceptors (Lipinski definition) is 3. The van der Waals surface area contributed by atoms with Gasteiger partial charge in [0.15, 0.2) is 0 Å². The van der Waals surface area contributed by atoms with Crippen LogP contribution in [0.2, 0.25) is 0 Å². The number of fused-ring (bicyclic) bond motifs is 5. The summed E-state index contributed by atoms with van der Waals surface area (Å²) in [5, 5.41) is 20.6. The van der Waals surface area contributed by atoms with E-state index < -0.39 is 11.7 Å². The molecule has 0 heterocycles. The number of aliphatic hydroxyl groups is 2. The summed E-state index contributed by atoms with van der Waals surface area (Å²) in [4.78, 5) is 12.8. The van der Waals surface area contributed by atoms with Crippen LogP contribution in [-0.2, 0) is 4.79 Å². The third-order valence-electron chi connectivity index (χ3n) is 12.0. The Labute approximate surface area is 202 Å². The van der Waals surface area contributed by atoms with Crippen molar-refractivity contribution < 1.29 is 15.0 Å². The number of rotatable bonds is 5. The number of hydrogen-bond donors (Lipinski definition) is 2. The first-order valence-electron chi connectivity index (χ1n) is 13.7. The molecule has 0 radical (unpaired) electrons. The Hall–Kier alpha value is -0.670. The number of Topliss-reactive ketones (excluding diaryl/α,β-unsaturated/α-hetero) is 1. The van der Waals surface area contributed by atoms with Crippen molar-refractivity contribution in [2.45, 2.75) is 125 Å². The zero-order chi connectivity index (χ0) is 24.6. The second-order valence-electron chi connectivity index (χ2n) is 14.3. The molecule has 3 nitrogen and oxygen atoms in total. The summed E-state index contributed by atoms with van der Waals surface area (Å²) in [6, 6.07) is 0. The van der Waals surface area contributed by atoms with E-state index in [0.717, 1.165) is 25.7 Å². The van der Waals surface area contributed by atoms with Crippen molar-refractivity contribution in [3.05, 3.63) is 11.6 Å². The average molecular weight is 459 g/mol. The number of allylic oxidation sites excluding steroid dienone is 2. The fourth-order valence-electron chi connectivity index (χ4n) is 9.44. The van der Waals surface area contributed by atoms with Crippen molar-refractivity contribution in [1.82, 2.24) is 0 Å². The van der Waals surface area contributed by atoms with E-state index in [1.165, 1.54) is 25.7 Å². The van der Waals surface area contributed by atoms with E-state index in [0.29, 0.717) is 35.9 Å². The minimum absolute atomic E-state index is 0.204. The molecule has 0 aromatic heterocycles. The highest BCUT2D eigenvalue weighted by Crippen LogP contribution is 2.73. The van der Waals surface area contributed by atoms with Crippen molar-refractivity contribution in [2.24, 2.45) is 45.3 Å². The molecule has 0 aromatic rings. The Morgan fingerprint density at radius 3 is 2.36 bits per heavy atom. The number of ketones is 1. The Bertz CT molecular complexity index is 819. The van der Waals surface area contributed by atoms with Gasteiger partial charge in [-0.1, -0.05) is 53.2 Å². The van der Waals surface area contributed by atoms with Crippen molar-refractivity contribution in [3.63, 3.8) is 0 Å². The first-order chi connectivity index (χ1) is 15.1. The van der Waals surface area contributed by atoms with Gasteiger partial charge in [-0.05, 0) is 105 Å². The molecule has 188 valence electrons. The van der Waals surface area contributed by atoms with Crippen LogP contribution in [0.1, 0.15) is 113 Å². The molecule has 3 heteroatoms. The number of carbonyl (C=O) groups is 1. The Kier molecular flexibility index (Phi) is 6.10. The van der Waals surface area contributed by atoms with Gasteiger partial charge < -0.3 is 10.2 Å². The number of aliphatic hydroxyl groups excluding tert-OH is 1. The summed E-state index contributed by atoms with van der Waals surface area (Å²) < 4.78 is 0. The minimum Gasteiger partial charge on any atom is -0.390 e. The quantitative estimate of drug-likeness (QED) is 0.450. The van der Waals surface area contributed by atoms with Crippen LogP contribution in [0.5, 0.6) is 0 Å². The normalized spacial score (nSPS) is 44.4. The standard InChI is InChI=1S/C30H50O3/c1-19(9-12-25(32)27(4,5)33)20-13-17-30(8)22-10-11-23-26(2,3)24(31)15-16-28(23,6)21(22)14-18-29(20,30)7/h10,19-21,23,25,32-33H,9,11-18H2,1-8H3/t19-,20-,21-,23-,25-,28+,29-,30+/m0/s1. The summed E-state index contributed by atoms with van der Waals surface area (Å²) in [6.07, 6.45) is 11.5. The molecule has 0 aliphatic heterocycles. The molecule has 4 rings (SSSR count). The lowest BCUT2D eigenvalue weighted by Gasteiger charge is -2.63. The van der Waals surface area contributed by atoms with Crippen LogP contribution in [-0.4, -0.2) is 27.7 Å². The Morgan fingerprint density at radius 1 is 1.06 bits per heavy atom. The summed E-state index contributed by atoms with van der Waals surface area (Å²) in [6.45, 7) is 17.9. The Balaban J connectivity index is 1.59. The van der Waals surface area contributed by atoms with Gasteiger partial charge in [0.1, 0.15) is 5.78 Å². The largest absolute Gasteiger partial charge is 0.390 e. The number of carbonyl (C=O) groups excluding carboxylic acids is 1. The second-order valence-corrected chi connectivity index (χ2v) is 14.3. The van der Waals surface area contributed by atoms with Crippen LogP contribution < -0.4 is 0 Å². The van der Waals surface area contributed by atoms with Crippen molar-refractivity contribution in [3.8, 4) is 0 Å². The predicted octanol–water partition coefficient (Wildman–Crippen LogP) is 6.71. The van der Waals surface area contributed by atoms with E-state index in [4.69, 9.17) is 0 Å². The smallest absolute Gasteiger partial charge is 0.138 e. The highest BCUT2D eigenvalue weighted by molar-refractivity contribution is 5.85. The van der Waals surface area contributed by atoms with Crippen LogP contribution >= 0.6 is 0 Å². The van der Waals surface area contributed by atoms with Gasteiger partial charge in [-0.25, -0.2) is 0 Å². The molecule has 3 fully saturated rings. The van der Waals surface area contributed by atoms with Crippen LogP contribution in [0.3, 0.4) is 0 Å². The van der Waals surface area contributed by atoms with Crippen LogP contribution in [0.15, 0.2) is 11.6 Å². The molecule has 33 heavy (non-hydrogen) atoms. The highest BCUT2D eigenvalue weighted by atomic mass is 16.3. The van der Waals surface area contributed by atoms with Gasteiger partial charge in [-0.15, -0.1) is 0 Å². The van der Waals surface area contributed by atoms with Gasteiger partial charge in [-0.3, -0.25) is 4.79 Å². The van der Waals surface area contributed by atoms with E-state index in [2.05, 4.69) is 47.6 Å². The van der Waals surface area contributed by atoms with Crippen molar-refractivity contribution in [1.29, 1.82) is 0 Å². The van der Waals surface area contributed by atoms with E-state index in [9.17, 15) is 15.0 Å². The zero-order valence-corrected chi connectivity index (χ0v) is 22.6. The molecule has 3 saturated carbocycles. The first kappa shape index (κ1) is 25.4. The van der Waals surface area contributed by atoms with Crippen LogP contribution in [0.4, 0.5) is 0 Å². The van der Waals surface area contributed by atoms with Gasteiger partial charge in [0.2, 0.25) is 0 Å². The maximum atomic E-state index is 12.8. The molecule has 0 saturated heterocycles. The molecule has 0 amide bonds. The molecule has 0 unspecified atom stereocenters. The molecule has 4 aliphatic carbocycles. The van der Waals surface area contributed by atoms with Gasteiger partial charge in [0.05, 0.1) is 11.7 Å². The summed E-state index contributed by atoms with van der Waals surface area (Å²) in [7, 11) is 0. The molecule has 0 aromatic carbocycles. The minimum atomic E-state index is -1.03. The summed E-state index contributed by atoms with van der Waals surface area (Å²) in [5.74, 6) is 2.76. The average Bonchev–Trinajstić information content (AvgIpc) is 3.00. The summed E-state index contributed by atoms with van der Waals surface area (Å²) in [5.41, 5.74) is 1.27. The van der Waals surface area contributed by atoms with Gasteiger partial charge >= 0.3 is 0 Å². The maximum absolute atomic E-state index is 12.8. The lowest BCUT2D eigenvalue weighted by molar-refractivity contribution is -0.146. The first-order valence-corrected chi connectivity index (χ1v) is 13.7.